The van der Waals surface area contributed by atoms with Crippen molar-refractivity contribution in [2.45, 2.75) is 45.2 Å². The van der Waals surface area contributed by atoms with Crippen molar-refractivity contribution < 1.29 is 9.47 Å². The standard InChI is InChI=1S/C19H30N2O2/c1-3-23-19-14-16(8-9-18(19)22-2)15-20-10-12-21(13-11-20)17-6-4-5-7-17/h8-9,14,17H,3-7,10-13,15H2,1-2H3. The molecule has 4 heteroatoms. The highest BCUT2D eigenvalue weighted by atomic mass is 16.5. The maximum atomic E-state index is 5.69. The molecule has 1 aromatic rings. The number of piperazine rings is 1. The molecule has 0 radical (unpaired) electrons. The SMILES string of the molecule is CCOc1cc(CN2CCN(C3CCCC3)CC2)ccc1OC. The second kappa shape index (κ2) is 8.02. The van der Waals surface area contributed by atoms with Crippen LogP contribution in [0.4, 0.5) is 0 Å². The zero-order valence-electron chi connectivity index (χ0n) is 14.6. The molecule has 1 aliphatic carbocycles. The minimum absolute atomic E-state index is 0.667. The Morgan fingerprint density at radius 2 is 1.78 bits per heavy atom. The third kappa shape index (κ3) is 4.18. The van der Waals surface area contributed by atoms with Gasteiger partial charge in [-0.25, -0.2) is 0 Å². The molecule has 1 heterocycles. The zero-order valence-corrected chi connectivity index (χ0v) is 14.6. The topological polar surface area (TPSA) is 24.9 Å². The van der Waals surface area contributed by atoms with E-state index in [1.807, 2.05) is 13.0 Å². The first-order chi connectivity index (χ1) is 11.3. The van der Waals surface area contributed by atoms with Crippen LogP contribution in [0.2, 0.25) is 0 Å². The van der Waals surface area contributed by atoms with Crippen molar-refractivity contribution in [1.29, 1.82) is 0 Å². The molecule has 0 atom stereocenters. The quantitative estimate of drug-likeness (QED) is 0.804. The van der Waals surface area contributed by atoms with E-state index < -0.39 is 0 Å². The van der Waals surface area contributed by atoms with Gasteiger partial charge in [0.1, 0.15) is 0 Å². The van der Waals surface area contributed by atoms with Crippen LogP contribution in [0, 0.1) is 0 Å². The Hall–Kier alpha value is -1.26. The fourth-order valence-corrected chi connectivity index (χ4v) is 3.90. The van der Waals surface area contributed by atoms with Gasteiger partial charge in [0.05, 0.1) is 13.7 Å². The smallest absolute Gasteiger partial charge is 0.161 e. The first kappa shape index (κ1) is 16.6. The largest absolute Gasteiger partial charge is 0.493 e. The van der Waals surface area contributed by atoms with Gasteiger partial charge in [0.25, 0.3) is 0 Å². The van der Waals surface area contributed by atoms with Crippen LogP contribution in [0.15, 0.2) is 18.2 Å². The number of hydrogen-bond acceptors (Lipinski definition) is 4. The van der Waals surface area contributed by atoms with Crippen LogP contribution in [-0.2, 0) is 6.54 Å². The van der Waals surface area contributed by atoms with Crippen LogP contribution in [0.3, 0.4) is 0 Å². The minimum Gasteiger partial charge on any atom is -0.493 e. The van der Waals surface area contributed by atoms with E-state index in [-0.39, 0.29) is 0 Å². The Labute approximate surface area is 140 Å². The van der Waals surface area contributed by atoms with Gasteiger partial charge in [-0.05, 0) is 37.5 Å². The number of hydrogen-bond donors (Lipinski definition) is 0. The number of methoxy groups -OCH3 is 1. The van der Waals surface area contributed by atoms with E-state index in [2.05, 4.69) is 21.9 Å². The van der Waals surface area contributed by atoms with Gasteiger partial charge in [0, 0.05) is 38.8 Å². The van der Waals surface area contributed by atoms with Crippen LogP contribution in [0.1, 0.15) is 38.2 Å². The summed E-state index contributed by atoms with van der Waals surface area (Å²) in [5.41, 5.74) is 1.31. The molecule has 128 valence electrons. The predicted octanol–water partition coefficient (Wildman–Crippen LogP) is 3.15. The molecule has 0 spiro atoms. The molecule has 0 unspecified atom stereocenters. The molecule has 1 aromatic carbocycles. The lowest BCUT2D eigenvalue weighted by Gasteiger charge is -2.38. The molecular weight excluding hydrogens is 288 g/mol. The Bertz CT molecular complexity index is 492. The summed E-state index contributed by atoms with van der Waals surface area (Å²) in [6.07, 6.45) is 5.68. The van der Waals surface area contributed by atoms with Crippen molar-refractivity contribution in [3.05, 3.63) is 23.8 Å². The van der Waals surface area contributed by atoms with Crippen molar-refractivity contribution in [3.8, 4) is 11.5 Å². The van der Waals surface area contributed by atoms with Crippen molar-refractivity contribution in [2.75, 3.05) is 39.9 Å². The van der Waals surface area contributed by atoms with Crippen molar-refractivity contribution in [1.82, 2.24) is 9.80 Å². The van der Waals surface area contributed by atoms with Crippen LogP contribution >= 0.6 is 0 Å². The van der Waals surface area contributed by atoms with E-state index in [0.29, 0.717) is 6.61 Å². The van der Waals surface area contributed by atoms with Crippen molar-refractivity contribution >= 4 is 0 Å². The monoisotopic (exact) mass is 318 g/mol. The maximum Gasteiger partial charge on any atom is 0.161 e. The van der Waals surface area contributed by atoms with Crippen LogP contribution < -0.4 is 9.47 Å². The summed E-state index contributed by atoms with van der Waals surface area (Å²) in [6.45, 7) is 8.47. The number of nitrogens with zero attached hydrogens (tertiary/aromatic N) is 2. The average molecular weight is 318 g/mol. The summed E-state index contributed by atoms with van der Waals surface area (Å²) >= 11 is 0. The van der Waals surface area contributed by atoms with Crippen molar-refractivity contribution in [3.63, 3.8) is 0 Å². The van der Waals surface area contributed by atoms with Crippen LogP contribution in [0.25, 0.3) is 0 Å². The number of rotatable bonds is 6. The summed E-state index contributed by atoms with van der Waals surface area (Å²) in [7, 11) is 1.69. The predicted molar refractivity (Wildman–Crippen MR) is 93.3 cm³/mol. The van der Waals surface area contributed by atoms with E-state index in [4.69, 9.17) is 9.47 Å². The first-order valence-electron chi connectivity index (χ1n) is 9.06. The summed E-state index contributed by atoms with van der Waals surface area (Å²) in [6, 6.07) is 7.17. The molecule has 0 N–H and O–H groups in total. The summed E-state index contributed by atoms with van der Waals surface area (Å²) < 4.78 is 11.1. The van der Waals surface area contributed by atoms with E-state index in [1.165, 1.54) is 57.4 Å². The van der Waals surface area contributed by atoms with Gasteiger partial charge < -0.3 is 9.47 Å². The molecule has 23 heavy (non-hydrogen) atoms. The molecule has 3 rings (SSSR count). The summed E-state index contributed by atoms with van der Waals surface area (Å²) in [5.74, 6) is 1.68. The van der Waals surface area contributed by atoms with E-state index in [0.717, 1.165) is 24.1 Å². The normalized spacial score (nSPS) is 20.8. The molecule has 0 amide bonds. The number of benzene rings is 1. The lowest BCUT2D eigenvalue weighted by atomic mass is 10.1. The lowest BCUT2D eigenvalue weighted by molar-refractivity contribution is 0.0936. The molecule has 2 fully saturated rings. The van der Waals surface area contributed by atoms with Gasteiger partial charge in [0.2, 0.25) is 0 Å². The molecular formula is C19H30N2O2. The third-order valence-electron chi connectivity index (χ3n) is 5.18. The first-order valence-corrected chi connectivity index (χ1v) is 9.06. The van der Waals surface area contributed by atoms with Crippen molar-refractivity contribution in [2.24, 2.45) is 0 Å². The Morgan fingerprint density at radius 1 is 1.04 bits per heavy atom. The fraction of sp³-hybridized carbons (Fsp3) is 0.684. The third-order valence-corrected chi connectivity index (χ3v) is 5.18. The van der Waals surface area contributed by atoms with Gasteiger partial charge in [-0.3, -0.25) is 9.80 Å². The minimum atomic E-state index is 0.667. The molecule has 1 saturated carbocycles. The molecule has 2 aliphatic rings. The highest BCUT2D eigenvalue weighted by molar-refractivity contribution is 5.42. The Morgan fingerprint density at radius 3 is 2.43 bits per heavy atom. The van der Waals surface area contributed by atoms with Gasteiger partial charge >= 0.3 is 0 Å². The second-order valence-electron chi connectivity index (χ2n) is 6.67. The van der Waals surface area contributed by atoms with E-state index in [1.54, 1.807) is 7.11 Å². The Kier molecular flexibility index (Phi) is 5.79. The lowest BCUT2D eigenvalue weighted by Crippen LogP contribution is -2.49. The molecule has 4 nitrogen and oxygen atoms in total. The highest BCUT2D eigenvalue weighted by Crippen LogP contribution is 2.29. The molecule has 0 bridgehead atoms. The van der Waals surface area contributed by atoms with E-state index >= 15 is 0 Å². The fourth-order valence-electron chi connectivity index (χ4n) is 3.90. The van der Waals surface area contributed by atoms with Crippen LogP contribution in [-0.4, -0.2) is 55.7 Å². The number of ether oxygens (including phenoxy) is 2. The van der Waals surface area contributed by atoms with Gasteiger partial charge in [-0.2, -0.15) is 0 Å². The molecule has 1 saturated heterocycles. The molecule has 0 aromatic heterocycles. The summed E-state index contributed by atoms with van der Waals surface area (Å²) in [5, 5.41) is 0. The van der Waals surface area contributed by atoms with E-state index in [9.17, 15) is 0 Å². The van der Waals surface area contributed by atoms with Crippen LogP contribution in [0.5, 0.6) is 11.5 Å². The maximum absolute atomic E-state index is 5.69. The van der Waals surface area contributed by atoms with Gasteiger partial charge in [-0.1, -0.05) is 18.9 Å². The van der Waals surface area contributed by atoms with Gasteiger partial charge in [0.15, 0.2) is 11.5 Å². The molecule has 1 aliphatic heterocycles. The Balaban J connectivity index is 1.54. The summed E-state index contributed by atoms with van der Waals surface area (Å²) in [4.78, 5) is 5.27. The average Bonchev–Trinajstić information content (AvgIpc) is 3.11. The van der Waals surface area contributed by atoms with Gasteiger partial charge in [-0.15, -0.1) is 0 Å². The highest BCUT2D eigenvalue weighted by Gasteiger charge is 2.26. The second-order valence-corrected chi connectivity index (χ2v) is 6.67. The zero-order chi connectivity index (χ0) is 16.1.